The second-order valence-corrected chi connectivity index (χ2v) is 3.38. The van der Waals surface area contributed by atoms with Crippen molar-refractivity contribution in [1.29, 1.82) is 0 Å². The minimum Gasteiger partial charge on any atom is -0.490 e. The molecule has 0 spiro atoms. The lowest BCUT2D eigenvalue weighted by atomic mass is 10.1. The van der Waals surface area contributed by atoms with Gasteiger partial charge in [0.2, 0.25) is 0 Å². The van der Waals surface area contributed by atoms with Crippen LogP contribution in [-0.4, -0.2) is 24.3 Å². The Hall–Kier alpha value is -2.23. The molecule has 0 aliphatic rings. The molecular formula is C14H16O4. The topological polar surface area (TPSA) is 55.8 Å². The van der Waals surface area contributed by atoms with Crippen molar-refractivity contribution in [1.82, 2.24) is 0 Å². The largest absolute Gasteiger partial charge is 0.490 e. The first-order valence-corrected chi connectivity index (χ1v) is 5.59. The average Bonchev–Trinajstić information content (AvgIpc) is 2.35. The highest BCUT2D eigenvalue weighted by Gasteiger charge is 2.08. The van der Waals surface area contributed by atoms with E-state index in [2.05, 4.69) is 6.58 Å². The third-order valence-electron chi connectivity index (χ3n) is 2.06. The first-order chi connectivity index (χ1) is 8.69. The first kappa shape index (κ1) is 13.8. The summed E-state index contributed by atoms with van der Waals surface area (Å²) in [6, 6.07) is 5.33. The zero-order valence-corrected chi connectivity index (χ0v) is 10.3. The van der Waals surface area contributed by atoms with Gasteiger partial charge in [-0.2, -0.15) is 0 Å². The number of carboxylic acid groups (broad SMARTS) is 1. The lowest BCUT2D eigenvalue weighted by Gasteiger charge is -2.13. The molecule has 0 saturated heterocycles. The maximum atomic E-state index is 10.5. The van der Waals surface area contributed by atoms with Crippen LogP contribution in [0.1, 0.15) is 12.5 Å². The van der Waals surface area contributed by atoms with Gasteiger partial charge < -0.3 is 14.6 Å². The molecule has 0 fully saturated rings. The minimum atomic E-state index is -1.01. The normalized spacial score (nSPS) is 10.3. The van der Waals surface area contributed by atoms with Crippen LogP contribution in [0.5, 0.6) is 11.5 Å². The molecule has 1 N–H and O–H groups in total. The van der Waals surface area contributed by atoms with Gasteiger partial charge in [-0.05, 0) is 19.1 Å². The SMILES string of the molecule is C=CCOc1c(/C=C/C(=O)O)cccc1OCC. The molecule has 4 heteroatoms. The van der Waals surface area contributed by atoms with E-state index >= 15 is 0 Å². The summed E-state index contributed by atoms with van der Waals surface area (Å²) in [5, 5.41) is 8.64. The highest BCUT2D eigenvalue weighted by molar-refractivity contribution is 5.86. The van der Waals surface area contributed by atoms with Crippen LogP contribution in [0.4, 0.5) is 0 Å². The molecule has 1 aromatic carbocycles. The van der Waals surface area contributed by atoms with E-state index in [9.17, 15) is 4.79 Å². The van der Waals surface area contributed by atoms with E-state index in [1.165, 1.54) is 6.08 Å². The summed E-state index contributed by atoms with van der Waals surface area (Å²) in [6.45, 7) is 6.29. The Balaban J connectivity index is 3.09. The van der Waals surface area contributed by atoms with Crippen molar-refractivity contribution in [2.45, 2.75) is 6.92 Å². The number of rotatable bonds is 7. The highest BCUT2D eigenvalue weighted by atomic mass is 16.5. The van der Waals surface area contributed by atoms with E-state index < -0.39 is 5.97 Å². The Labute approximate surface area is 106 Å². The molecule has 4 nitrogen and oxygen atoms in total. The van der Waals surface area contributed by atoms with E-state index in [4.69, 9.17) is 14.6 Å². The third kappa shape index (κ3) is 3.97. The lowest BCUT2D eigenvalue weighted by molar-refractivity contribution is -0.131. The van der Waals surface area contributed by atoms with Gasteiger partial charge in [-0.1, -0.05) is 24.8 Å². The van der Waals surface area contributed by atoms with Crippen LogP contribution in [0.25, 0.3) is 6.08 Å². The van der Waals surface area contributed by atoms with Gasteiger partial charge in [0.05, 0.1) is 6.61 Å². The van der Waals surface area contributed by atoms with Crippen molar-refractivity contribution in [3.8, 4) is 11.5 Å². The molecule has 0 heterocycles. The zero-order chi connectivity index (χ0) is 13.4. The van der Waals surface area contributed by atoms with Gasteiger partial charge in [0.1, 0.15) is 6.61 Å². The Kier molecular flexibility index (Phi) is 5.51. The Morgan fingerprint density at radius 1 is 1.44 bits per heavy atom. The number of carboxylic acids is 1. The number of aliphatic carboxylic acids is 1. The molecule has 96 valence electrons. The second-order valence-electron chi connectivity index (χ2n) is 3.38. The number of para-hydroxylation sites is 1. The molecule has 0 unspecified atom stereocenters. The molecule has 0 amide bonds. The van der Waals surface area contributed by atoms with Gasteiger partial charge in [-0.3, -0.25) is 0 Å². The summed E-state index contributed by atoms with van der Waals surface area (Å²) < 4.78 is 11.0. The molecule has 0 bridgehead atoms. The number of hydrogen-bond acceptors (Lipinski definition) is 3. The van der Waals surface area contributed by atoms with Crippen LogP contribution < -0.4 is 9.47 Å². The van der Waals surface area contributed by atoms with Gasteiger partial charge in [-0.25, -0.2) is 4.79 Å². The van der Waals surface area contributed by atoms with Crippen LogP contribution in [-0.2, 0) is 4.79 Å². The summed E-state index contributed by atoms with van der Waals surface area (Å²) in [4.78, 5) is 10.5. The van der Waals surface area contributed by atoms with Crippen LogP contribution in [0.2, 0.25) is 0 Å². The van der Waals surface area contributed by atoms with Gasteiger partial charge in [-0.15, -0.1) is 0 Å². The molecule has 0 aromatic heterocycles. The summed E-state index contributed by atoms with van der Waals surface area (Å²) in [6.07, 6.45) is 4.16. The molecule has 0 radical (unpaired) electrons. The number of benzene rings is 1. The predicted molar refractivity (Wildman–Crippen MR) is 70.0 cm³/mol. The summed E-state index contributed by atoms with van der Waals surface area (Å²) >= 11 is 0. The van der Waals surface area contributed by atoms with Crippen LogP contribution in [0, 0.1) is 0 Å². The molecule has 0 aliphatic heterocycles. The molecule has 1 rings (SSSR count). The second kappa shape index (κ2) is 7.17. The van der Waals surface area contributed by atoms with Crippen molar-refractivity contribution >= 4 is 12.0 Å². The first-order valence-electron chi connectivity index (χ1n) is 5.59. The number of hydrogen-bond donors (Lipinski definition) is 1. The highest BCUT2D eigenvalue weighted by Crippen LogP contribution is 2.32. The predicted octanol–water partition coefficient (Wildman–Crippen LogP) is 2.75. The standard InChI is InChI=1S/C14H16O4/c1-3-10-18-14-11(8-9-13(15)16)6-5-7-12(14)17-4-2/h3,5-9H,1,4,10H2,2H3,(H,15,16)/b9-8+. The molecule has 18 heavy (non-hydrogen) atoms. The molecular weight excluding hydrogens is 232 g/mol. The van der Waals surface area contributed by atoms with Crippen molar-refractivity contribution in [2.75, 3.05) is 13.2 Å². The van der Waals surface area contributed by atoms with Crippen molar-refractivity contribution in [3.63, 3.8) is 0 Å². The zero-order valence-electron chi connectivity index (χ0n) is 10.3. The van der Waals surface area contributed by atoms with E-state index in [0.717, 1.165) is 6.08 Å². The van der Waals surface area contributed by atoms with Crippen LogP contribution >= 0.6 is 0 Å². The summed E-state index contributed by atoms with van der Waals surface area (Å²) in [5.74, 6) is 0.107. The smallest absolute Gasteiger partial charge is 0.328 e. The van der Waals surface area contributed by atoms with Crippen LogP contribution in [0.15, 0.2) is 36.9 Å². The summed E-state index contributed by atoms with van der Waals surface area (Å²) in [5.41, 5.74) is 0.658. The van der Waals surface area contributed by atoms with Crippen molar-refractivity contribution in [3.05, 3.63) is 42.5 Å². The Morgan fingerprint density at radius 3 is 2.83 bits per heavy atom. The van der Waals surface area contributed by atoms with Gasteiger partial charge in [0.25, 0.3) is 0 Å². The summed E-state index contributed by atoms with van der Waals surface area (Å²) in [7, 11) is 0. The Morgan fingerprint density at radius 2 is 2.22 bits per heavy atom. The Bertz CT molecular complexity index is 449. The van der Waals surface area contributed by atoms with Gasteiger partial charge in [0, 0.05) is 11.6 Å². The fourth-order valence-corrected chi connectivity index (χ4v) is 1.39. The maximum Gasteiger partial charge on any atom is 0.328 e. The lowest BCUT2D eigenvalue weighted by Crippen LogP contribution is -2.00. The average molecular weight is 248 g/mol. The van der Waals surface area contributed by atoms with E-state index in [1.54, 1.807) is 24.3 Å². The maximum absolute atomic E-state index is 10.5. The molecule has 0 atom stereocenters. The van der Waals surface area contributed by atoms with Crippen molar-refractivity contribution < 1.29 is 19.4 Å². The third-order valence-corrected chi connectivity index (χ3v) is 2.06. The van der Waals surface area contributed by atoms with Crippen molar-refractivity contribution in [2.24, 2.45) is 0 Å². The van der Waals surface area contributed by atoms with Gasteiger partial charge >= 0.3 is 5.97 Å². The number of carbonyl (C=O) groups is 1. The van der Waals surface area contributed by atoms with E-state index in [0.29, 0.717) is 30.3 Å². The minimum absolute atomic E-state index is 0.331. The quantitative estimate of drug-likeness (QED) is 0.595. The monoisotopic (exact) mass is 248 g/mol. The fourth-order valence-electron chi connectivity index (χ4n) is 1.39. The molecule has 0 aliphatic carbocycles. The molecule has 1 aromatic rings. The van der Waals surface area contributed by atoms with Crippen LogP contribution in [0.3, 0.4) is 0 Å². The molecule has 0 saturated carbocycles. The van der Waals surface area contributed by atoms with E-state index in [1.807, 2.05) is 6.92 Å². The number of ether oxygens (including phenoxy) is 2. The van der Waals surface area contributed by atoms with Gasteiger partial charge in [0.15, 0.2) is 11.5 Å². The van der Waals surface area contributed by atoms with E-state index in [-0.39, 0.29) is 0 Å². The fraction of sp³-hybridized carbons (Fsp3) is 0.214.